The van der Waals surface area contributed by atoms with Gasteiger partial charge in [0.1, 0.15) is 5.69 Å². The minimum Gasteiger partial charge on any atom is -0.375 e. The maximum Gasteiger partial charge on any atom is 0.273 e. The van der Waals surface area contributed by atoms with Gasteiger partial charge in [0.2, 0.25) is 0 Å². The van der Waals surface area contributed by atoms with Crippen LogP contribution < -0.4 is 10.6 Å². The first-order chi connectivity index (χ1) is 10.1. The molecule has 0 aliphatic carbocycles. The molecule has 2 heterocycles. The van der Waals surface area contributed by atoms with E-state index < -0.39 is 0 Å². The number of amides is 1. The lowest BCUT2D eigenvalue weighted by Crippen LogP contribution is -2.49. The minimum atomic E-state index is -0.0539. The van der Waals surface area contributed by atoms with E-state index in [1.54, 1.807) is 5.38 Å². The van der Waals surface area contributed by atoms with Crippen LogP contribution in [0.2, 0.25) is 5.02 Å². The third-order valence-corrected chi connectivity index (χ3v) is 4.49. The Kier molecular flexibility index (Phi) is 3.98. The summed E-state index contributed by atoms with van der Waals surface area (Å²) in [5.41, 5.74) is 7.03. The van der Waals surface area contributed by atoms with Gasteiger partial charge in [-0.15, -0.1) is 11.3 Å². The molecule has 0 spiro atoms. The largest absolute Gasteiger partial charge is 0.375 e. The zero-order chi connectivity index (χ0) is 14.8. The van der Waals surface area contributed by atoms with E-state index in [0.29, 0.717) is 23.9 Å². The summed E-state index contributed by atoms with van der Waals surface area (Å²) in [5, 5.41) is 2.87. The number of hydrogen-bond acceptors (Lipinski definition) is 5. The smallest absolute Gasteiger partial charge is 0.273 e. The molecule has 110 valence electrons. The van der Waals surface area contributed by atoms with Gasteiger partial charge in [-0.05, 0) is 12.1 Å². The zero-order valence-corrected chi connectivity index (χ0v) is 12.9. The number of nitrogens with zero attached hydrogens (tertiary/aromatic N) is 3. The fourth-order valence-corrected chi connectivity index (χ4v) is 3.20. The van der Waals surface area contributed by atoms with Crippen molar-refractivity contribution in [2.75, 3.05) is 36.8 Å². The lowest BCUT2D eigenvalue weighted by atomic mass is 10.2. The number of halogens is 1. The number of rotatable bonds is 2. The Morgan fingerprint density at radius 3 is 2.57 bits per heavy atom. The van der Waals surface area contributed by atoms with Crippen LogP contribution in [-0.2, 0) is 0 Å². The van der Waals surface area contributed by atoms with Crippen LogP contribution in [0.15, 0.2) is 29.6 Å². The van der Waals surface area contributed by atoms with Gasteiger partial charge in [-0.1, -0.05) is 23.7 Å². The monoisotopic (exact) mass is 322 g/mol. The van der Waals surface area contributed by atoms with Gasteiger partial charge in [-0.2, -0.15) is 0 Å². The van der Waals surface area contributed by atoms with E-state index in [2.05, 4.69) is 9.88 Å². The van der Waals surface area contributed by atoms with Crippen molar-refractivity contribution < 1.29 is 4.79 Å². The standard InChI is InChI=1S/C14H15ClN4OS/c15-10-3-1-2-4-12(10)18-5-7-19(8-6-18)13(20)11-9-21-14(16)17-11/h1-4,9H,5-8H2,(H2,16,17). The quantitative estimate of drug-likeness (QED) is 0.922. The van der Waals surface area contributed by atoms with Gasteiger partial charge in [0.25, 0.3) is 5.91 Å². The normalized spacial score (nSPS) is 15.3. The van der Waals surface area contributed by atoms with Crippen molar-refractivity contribution >= 4 is 39.7 Å². The van der Waals surface area contributed by atoms with Crippen molar-refractivity contribution in [1.82, 2.24) is 9.88 Å². The van der Waals surface area contributed by atoms with Crippen molar-refractivity contribution in [3.05, 3.63) is 40.4 Å². The van der Waals surface area contributed by atoms with Crippen molar-refractivity contribution in [2.24, 2.45) is 0 Å². The molecule has 0 bridgehead atoms. The number of para-hydroxylation sites is 1. The number of benzene rings is 1. The Morgan fingerprint density at radius 1 is 1.24 bits per heavy atom. The van der Waals surface area contributed by atoms with E-state index >= 15 is 0 Å². The third-order valence-electron chi connectivity index (χ3n) is 3.50. The Bertz CT molecular complexity index is 652. The summed E-state index contributed by atoms with van der Waals surface area (Å²) in [7, 11) is 0. The SMILES string of the molecule is Nc1nc(C(=O)N2CCN(c3ccccc3Cl)CC2)cs1. The highest BCUT2D eigenvalue weighted by atomic mass is 35.5. The van der Waals surface area contributed by atoms with Crippen LogP contribution in [0.3, 0.4) is 0 Å². The molecule has 1 saturated heterocycles. The van der Waals surface area contributed by atoms with Gasteiger partial charge in [0, 0.05) is 31.6 Å². The van der Waals surface area contributed by atoms with Crippen LogP contribution in [0.1, 0.15) is 10.5 Å². The molecule has 2 aromatic rings. The highest BCUT2D eigenvalue weighted by Gasteiger charge is 2.24. The van der Waals surface area contributed by atoms with E-state index in [4.69, 9.17) is 17.3 Å². The van der Waals surface area contributed by atoms with Crippen LogP contribution in [0.25, 0.3) is 0 Å². The van der Waals surface area contributed by atoms with Crippen LogP contribution in [0.5, 0.6) is 0 Å². The number of carbonyl (C=O) groups excluding carboxylic acids is 1. The van der Waals surface area contributed by atoms with E-state index in [9.17, 15) is 4.79 Å². The number of thiazole rings is 1. The summed E-state index contributed by atoms with van der Waals surface area (Å²) in [4.78, 5) is 20.3. The second kappa shape index (κ2) is 5.91. The number of nitrogen functional groups attached to an aromatic ring is 1. The van der Waals surface area contributed by atoms with E-state index in [0.717, 1.165) is 23.8 Å². The summed E-state index contributed by atoms with van der Waals surface area (Å²) in [5.74, 6) is -0.0539. The molecule has 0 saturated carbocycles. The van der Waals surface area contributed by atoms with Crippen molar-refractivity contribution in [3.8, 4) is 0 Å². The molecule has 0 atom stereocenters. The molecule has 5 nitrogen and oxygen atoms in total. The fraction of sp³-hybridized carbons (Fsp3) is 0.286. The predicted octanol–water partition coefficient (Wildman–Crippen LogP) is 2.34. The number of carbonyl (C=O) groups is 1. The van der Waals surface area contributed by atoms with Gasteiger partial charge in [0.05, 0.1) is 10.7 Å². The summed E-state index contributed by atoms with van der Waals surface area (Å²) in [6.45, 7) is 2.83. The first kappa shape index (κ1) is 14.2. The molecular weight excluding hydrogens is 308 g/mol. The number of hydrogen-bond donors (Lipinski definition) is 1. The molecule has 1 amide bonds. The Hall–Kier alpha value is -1.79. The Balaban J connectivity index is 1.65. The van der Waals surface area contributed by atoms with Gasteiger partial charge in [-0.3, -0.25) is 4.79 Å². The molecule has 1 aliphatic rings. The van der Waals surface area contributed by atoms with Gasteiger partial charge in [-0.25, -0.2) is 4.98 Å². The van der Waals surface area contributed by atoms with Crippen LogP contribution in [0.4, 0.5) is 10.8 Å². The summed E-state index contributed by atoms with van der Waals surface area (Å²) < 4.78 is 0. The molecule has 3 rings (SSSR count). The van der Waals surface area contributed by atoms with Crippen molar-refractivity contribution in [2.45, 2.75) is 0 Å². The van der Waals surface area contributed by atoms with E-state index in [1.807, 2.05) is 29.2 Å². The summed E-state index contributed by atoms with van der Waals surface area (Å²) >= 11 is 7.50. The first-order valence-electron chi connectivity index (χ1n) is 6.65. The fourth-order valence-electron chi connectivity index (χ4n) is 2.41. The summed E-state index contributed by atoms with van der Waals surface area (Å²) in [6, 6.07) is 7.77. The van der Waals surface area contributed by atoms with Crippen molar-refractivity contribution in [3.63, 3.8) is 0 Å². The first-order valence-corrected chi connectivity index (χ1v) is 7.90. The van der Waals surface area contributed by atoms with Crippen LogP contribution in [-0.4, -0.2) is 42.0 Å². The number of piperazine rings is 1. The number of anilines is 2. The zero-order valence-electron chi connectivity index (χ0n) is 11.3. The summed E-state index contributed by atoms with van der Waals surface area (Å²) in [6.07, 6.45) is 0. The van der Waals surface area contributed by atoms with E-state index in [-0.39, 0.29) is 5.91 Å². The molecular formula is C14H15ClN4OS. The van der Waals surface area contributed by atoms with Crippen LogP contribution >= 0.6 is 22.9 Å². The van der Waals surface area contributed by atoms with Crippen LogP contribution in [0, 0.1) is 0 Å². The lowest BCUT2D eigenvalue weighted by Gasteiger charge is -2.36. The maximum atomic E-state index is 12.3. The highest BCUT2D eigenvalue weighted by Crippen LogP contribution is 2.26. The van der Waals surface area contributed by atoms with E-state index in [1.165, 1.54) is 11.3 Å². The molecule has 7 heteroatoms. The van der Waals surface area contributed by atoms with Gasteiger partial charge >= 0.3 is 0 Å². The lowest BCUT2D eigenvalue weighted by molar-refractivity contribution is 0.0742. The minimum absolute atomic E-state index is 0.0539. The molecule has 2 N–H and O–H groups in total. The number of aromatic nitrogens is 1. The Morgan fingerprint density at radius 2 is 1.95 bits per heavy atom. The second-order valence-electron chi connectivity index (χ2n) is 4.80. The second-order valence-corrected chi connectivity index (χ2v) is 6.10. The molecule has 1 fully saturated rings. The maximum absolute atomic E-state index is 12.3. The predicted molar refractivity (Wildman–Crippen MR) is 86.1 cm³/mol. The third kappa shape index (κ3) is 2.96. The molecule has 0 radical (unpaired) electrons. The molecule has 1 aromatic carbocycles. The van der Waals surface area contributed by atoms with Gasteiger partial charge < -0.3 is 15.5 Å². The van der Waals surface area contributed by atoms with Gasteiger partial charge in [0.15, 0.2) is 5.13 Å². The molecule has 1 aliphatic heterocycles. The molecule has 1 aromatic heterocycles. The average Bonchev–Trinajstić information content (AvgIpc) is 2.94. The highest BCUT2D eigenvalue weighted by molar-refractivity contribution is 7.13. The topological polar surface area (TPSA) is 62.5 Å². The molecule has 21 heavy (non-hydrogen) atoms. The van der Waals surface area contributed by atoms with Crippen molar-refractivity contribution in [1.29, 1.82) is 0 Å². The molecule has 0 unspecified atom stereocenters. The number of nitrogens with two attached hydrogens (primary N) is 1. The average molecular weight is 323 g/mol. The Labute approximate surface area is 131 Å².